The van der Waals surface area contributed by atoms with Crippen LogP contribution in [0.2, 0.25) is 0 Å². The third-order valence-corrected chi connectivity index (χ3v) is 3.62. The van der Waals surface area contributed by atoms with Gasteiger partial charge in [0.1, 0.15) is 11.6 Å². The van der Waals surface area contributed by atoms with Crippen LogP contribution in [-0.4, -0.2) is 15.2 Å². The molecule has 0 saturated carbocycles. The van der Waals surface area contributed by atoms with Crippen LogP contribution in [0, 0.1) is 5.82 Å². The molecule has 0 fully saturated rings. The van der Waals surface area contributed by atoms with Crippen molar-refractivity contribution in [3.63, 3.8) is 0 Å². The summed E-state index contributed by atoms with van der Waals surface area (Å²) in [7, 11) is -1.24. The number of halogens is 1. The van der Waals surface area contributed by atoms with Gasteiger partial charge in [-0.05, 0) is 31.2 Å². The Morgan fingerprint density at radius 2 is 1.93 bits per heavy atom. The predicted molar refractivity (Wildman–Crippen MR) is 57.6 cm³/mol. The molecular weight excluding hydrogens is 215 g/mol. The molecule has 4 heteroatoms. The number of hydrogen-bond acceptors (Lipinski definition) is 2. The highest BCUT2D eigenvalue weighted by Gasteiger charge is 2.14. The van der Waals surface area contributed by atoms with E-state index in [-0.39, 0.29) is 23.3 Å². The van der Waals surface area contributed by atoms with Crippen LogP contribution in [0.3, 0.4) is 0 Å². The molecule has 0 amide bonds. The van der Waals surface area contributed by atoms with E-state index >= 15 is 0 Å². The minimum absolute atomic E-state index is 0.0120. The number of ketones is 1. The molecule has 2 atom stereocenters. The lowest BCUT2D eigenvalue weighted by molar-refractivity contribution is -0.116. The fourth-order valence-corrected chi connectivity index (χ4v) is 2.54. The lowest BCUT2D eigenvalue weighted by Crippen LogP contribution is -2.14. The maximum atomic E-state index is 12.6. The highest BCUT2D eigenvalue weighted by atomic mass is 32.2. The Hall–Kier alpha value is -1.03. The second kappa shape index (κ2) is 5.16. The molecule has 0 radical (unpaired) electrons. The van der Waals surface area contributed by atoms with Gasteiger partial charge in [-0.2, -0.15) is 0 Å². The van der Waals surface area contributed by atoms with Crippen molar-refractivity contribution in [3.05, 3.63) is 30.1 Å². The van der Waals surface area contributed by atoms with Gasteiger partial charge in [-0.15, -0.1) is 0 Å². The van der Waals surface area contributed by atoms with Gasteiger partial charge in [0.25, 0.3) is 0 Å². The van der Waals surface area contributed by atoms with Gasteiger partial charge in [-0.25, -0.2) is 4.39 Å². The SMILES string of the molecule is CC(=O)CC(C)S(=O)c1ccc(F)cc1. The fourth-order valence-electron chi connectivity index (χ4n) is 1.28. The molecule has 82 valence electrons. The third-order valence-electron chi connectivity index (χ3n) is 1.99. The zero-order chi connectivity index (χ0) is 11.4. The lowest BCUT2D eigenvalue weighted by Gasteiger charge is -2.09. The molecule has 15 heavy (non-hydrogen) atoms. The zero-order valence-electron chi connectivity index (χ0n) is 8.70. The number of carbonyl (C=O) groups is 1. The Bertz CT molecular complexity index is 373. The van der Waals surface area contributed by atoms with Gasteiger partial charge >= 0.3 is 0 Å². The van der Waals surface area contributed by atoms with Gasteiger partial charge in [-0.1, -0.05) is 6.92 Å². The van der Waals surface area contributed by atoms with Gasteiger partial charge in [0.15, 0.2) is 0 Å². The van der Waals surface area contributed by atoms with Crippen LogP contribution in [0.15, 0.2) is 29.2 Å². The molecule has 0 aromatic heterocycles. The number of carbonyl (C=O) groups excluding carboxylic acids is 1. The second-order valence-electron chi connectivity index (χ2n) is 3.47. The smallest absolute Gasteiger partial charge is 0.131 e. The van der Waals surface area contributed by atoms with E-state index in [9.17, 15) is 13.4 Å². The maximum Gasteiger partial charge on any atom is 0.131 e. The average molecular weight is 228 g/mol. The van der Waals surface area contributed by atoms with E-state index in [2.05, 4.69) is 0 Å². The average Bonchev–Trinajstić information content (AvgIpc) is 2.17. The third kappa shape index (κ3) is 3.55. The van der Waals surface area contributed by atoms with Crippen LogP contribution < -0.4 is 0 Å². The predicted octanol–water partition coefficient (Wildman–Crippen LogP) is 2.30. The summed E-state index contributed by atoms with van der Waals surface area (Å²) < 4.78 is 24.4. The molecule has 2 nitrogen and oxygen atoms in total. The van der Waals surface area contributed by atoms with Crippen molar-refractivity contribution in [1.29, 1.82) is 0 Å². The molecule has 2 unspecified atom stereocenters. The van der Waals surface area contributed by atoms with Crippen LogP contribution >= 0.6 is 0 Å². The Labute approximate surface area is 91.0 Å². The van der Waals surface area contributed by atoms with Gasteiger partial charge < -0.3 is 0 Å². The van der Waals surface area contributed by atoms with Crippen LogP contribution in [-0.2, 0) is 15.6 Å². The summed E-state index contributed by atoms with van der Waals surface area (Å²) in [4.78, 5) is 11.4. The minimum atomic E-state index is -1.24. The van der Waals surface area contributed by atoms with Gasteiger partial charge in [0.2, 0.25) is 0 Å². The molecule has 0 aliphatic rings. The van der Waals surface area contributed by atoms with E-state index in [1.807, 2.05) is 0 Å². The molecule has 1 rings (SSSR count). The lowest BCUT2D eigenvalue weighted by atomic mass is 10.2. The van der Waals surface area contributed by atoms with Crippen LogP contribution in [0.1, 0.15) is 20.3 Å². The summed E-state index contributed by atoms with van der Waals surface area (Å²) in [6.45, 7) is 3.22. The Kier molecular flexibility index (Phi) is 4.15. The fraction of sp³-hybridized carbons (Fsp3) is 0.364. The summed E-state index contributed by atoms with van der Waals surface area (Å²) >= 11 is 0. The van der Waals surface area contributed by atoms with E-state index in [1.54, 1.807) is 6.92 Å². The molecular formula is C11H13FO2S. The molecule has 0 aliphatic carbocycles. The van der Waals surface area contributed by atoms with E-state index in [4.69, 9.17) is 0 Å². The summed E-state index contributed by atoms with van der Waals surface area (Å²) in [6.07, 6.45) is 0.282. The Morgan fingerprint density at radius 3 is 2.40 bits per heavy atom. The quantitative estimate of drug-likeness (QED) is 0.792. The number of Topliss-reactive ketones (excluding diaryl/α,β-unsaturated/α-hetero) is 1. The van der Waals surface area contributed by atoms with Gasteiger partial charge in [-0.3, -0.25) is 9.00 Å². The molecule has 0 spiro atoms. The number of rotatable bonds is 4. The molecule has 1 aromatic rings. The topological polar surface area (TPSA) is 34.1 Å². The van der Waals surface area contributed by atoms with Crippen molar-refractivity contribution in [2.24, 2.45) is 0 Å². The van der Waals surface area contributed by atoms with Crippen molar-refractivity contribution in [2.75, 3.05) is 0 Å². The van der Waals surface area contributed by atoms with Gasteiger partial charge in [0, 0.05) is 16.6 Å². The van der Waals surface area contributed by atoms with Crippen molar-refractivity contribution in [2.45, 2.75) is 30.4 Å². The first-order valence-electron chi connectivity index (χ1n) is 4.66. The highest BCUT2D eigenvalue weighted by molar-refractivity contribution is 7.85. The molecule has 0 aliphatic heterocycles. The van der Waals surface area contributed by atoms with E-state index in [0.717, 1.165) is 0 Å². The second-order valence-corrected chi connectivity index (χ2v) is 5.34. The van der Waals surface area contributed by atoms with E-state index < -0.39 is 10.8 Å². The molecule has 0 N–H and O–H groups in total. The molecule has 0 saturated heterocycles. The molecule has 0 bridgehead atoms. The number of hydrogen-bond donors (Lipinski definition) is 0. The first-order chi connectivity index (χ1) is 7.00. The monoisotopic (exact) mass is 228 g/mol. The normalized spacial score (nSPS) is 14.6. The summed E-state index contributed by atoms with van der Waals surface area (Å²) in [5.41, 5.74) is 0. The minimum Gasteiger partial charge on any atom is -0.300 e. The van der Waals surface area contributed by atoms with Gasteiger partial charge in [0.05, 0.1) is 10.8 Å². The van der Waals surface area contributed by atoms with E-state index in [0.29, 0.717) is 4.90 Å². The first-order valence-corrected chi connectivity index (χ1v) is 5.87. The molecule has 0 heterocycles. The largest absolute Gasteiger partial charge is 0.300 e. The van der Waals surface area contributed by atoms with Crippen molar-refractivity contribution < 1.29 is 13.4 Å². The maximum absolute atomic E-state index is 12.6. The molecule has 1 aromatic carbocycles. The van der Waals surface area contributed by atoms with Crippen molar-refractivity contribution >= 4 is 16.6 Å². The number of benzene rings is 1. The highest BCUT2D eigenvalue weighted by Crippen LogP contribution is 2.14. The van der Waals surface area contributed by atoms with E-state index in [1.165, 1.54) is 31.2 Å². The summed E-state index contributed by atoms with van der Waals surface area (Å²) in [6, 6.07) is 5.52. The summed E-state index contributed by atoms with van der Waals surface area (Å²) in [5, 5.41) is -0.229. The zero-order valence-corrected chi connectivity index (χ0v) is 9.51. The Balaban J connectivity index is 2.76. The standard InChI is InChI=1S/C11H13FO2S/c1-8(13)7-9(2)15(14)11-5-3-10(12)4-6-11/h3-6,9H,7H2,1-2H3. The first kappa shape index (κ1) is 12.0. The van der Waals surface area contributed by atoms with Crippen molar-refractivity contribution in [3.8, 4) is 0 Å². The summed E-state index contributed by atoms with van der Waals surface area (Å²) in [5.74, 6) is -0.340. The van der Waals surface area contributed by atoms with Crippen LogP contribution in [0.5, 0.6) is 0 Å². The van der Waals surface area contributed by atoms with Crippen LogP contribution in [0.25, 0.3) is 0 Å². The van der Waals surface area contributed by atoms with Crippen LogP contribution in [0.4, 0.5) is 4.39 Å². The Morgan fingerprint density at radius 1 is 1.40 bits per heavy atom. The van der Waals surface area contributed by atoms with Crippen molar-refractivity contribution in [1.82, 2.24) is 0 Å².